The minimum Gasteiger partial charge on any atom is -0.408 e. The summed E-state index contributed by atoms with van der Waals surface area (Å²) in [4.78, 5) is 24.6. The molecule has 0 fully saturated rings. The third-order valence-corrected chi connectivity index (χ3v) is 4.57. The van der Waals surface area contributed by atoms with Crippen molar-refractivity contribution in [2.24, 2.45) is 0 Å². The lowest BCUT2D eigenvalue weighted by atomic mass is 10.0. The van der Waals surface area contributed by atoms with Gasteiger partial charge in [-0.1, -0.05) is 43.6 Å². The topological polar surface area (TPSA) is 64.2 Å². The van der Waals surface area contributed by atoms with Crippen molar-refractivity contribution in [1.82, 2.24) is 4.57 Å². The number of rotatable bonds is 5. The van der Waals surface area contributed by atoms with Crippen LogP contribution in [0.1, 0.15) is 25.0 Å². The fourth-order valence-corrected chi connectivity index (χ4v) is 3.24. The predicted octanol–water partition coefficient (Wildman–Crippen LogP) is 4.01. The van der Waals surface area contributed by atoms with Gasteiger partial charge >= 0.3 is 5.76 Å². The van der Waals surface area contributed by atoms with Gasteiger partial charge in [0.1, 0.15) is 6.54 Å². The second-order valence-corrected chi connectivity index (χ2v) is 6.14. The number of oxazole rings is 1. The van der Waals surface area contributed by atoms with Crippen molar-refractivity contribution in [3.05, 3.63) is 63.1 Å². The van der Waals surface area contributed by atoms with Gasteiger partial charge in [-0.05, 0) is 42.2 Å². The molecule has 2 aromatic carbocycles. The number of halogens is 1. The molecule has 25 heavy (non-hydrogen) atoms. The number of carbonyl (C=O) groups excluding carboxylic acids is 1. The third kappa shape index (κ3) is 3.33. The number of fused-ring (bicyclic) bond motifs is 1. The van der Waals surface area contributed by atoms with Gasteiger partial charge in [0, 0.05) is 10.7 Å². The molecule has 6 heteroatoms. The van der Waals surface area contributed by atoms with Crippen LogP contribution in [0.5, 0.6) is 0 Å². The zero-order valence-electron chi connectivity index (χ0n) is 14.1. The van der Waals surface area contributed by atoms with Gasteiger partial charge in [-0.3, -0.25) is 9.36 Å². The van der Waals surface area contributed by atoms with Gasteiger partial charge in [0.15, 0.2) is 5.58 Å². The highest BCUT2D eigenvalue weighted by molar-refractivity contribution is 6.32. The van der Waals surface area contributed by atoms with Gasteiger partial charge in [0.2, 0.25) is 5.91 Å². The summed E-state index contributed by atoms with van der Waals surface area (Å²) < 4.78 is 6.49. The van der Waals surface area contributed by atoms with Crippen LogP contribution in [0.2, 0.25) is 5.02 Å². The maximum atomic E-state index is 12.6. The first-order valence-corrected chi connectivity index (χ1v) is 8.61. The second-order valence-electron chi connectivity index (χ2n) is 5.74. The lowest BCUT2D eigenvalue weighted by Crippen LogP contribution is -2.25. The quantitative estimate of drug-likeness (QED) is 0.749. The molecule has 1 heterocycles. The molecule has 0 bridgehead atoms. The van der Waals surface area contributed by atoms with Crippen LogP contribution in [-0.4, -0.2) is 10.5 Å². The van der Waals surface area contributed by atoms with Crippen molar-refractivity contribution in [3.8, 4) is 0 Å². The smallest absolute Gasteiger partial charge is 0.408 e. The Bertz CT molecular complexity index is 988. The van der Waals surface area contributed by atoms with E-state index in [4.69, 9.17) is 16.0 Å². The Balaban J connectivity index is 1.92. The number of hydrogen-bond donors (Lipinski definition) is 1. The van der Waals surface area contributed by atoms with Crippen LogP contribution >= 0.6 is 11.6 Å². The number of anilines is 1. The van der Waals surface area contributed by atoms with Crippen molar-refractivity contribution < 1.29 is 9.21 Å². The number of carbonyl (C=O) groups is 1. The lowest BCUT2D eigenvalue weighted by molar-refractivity contribution is -0.116. The lowest BCUT2D eigenvalue weighted by Gasteiger charge is -2.16. The van der Waals surface area contributed by atoms with Crippen LogP contribution in [0, 0.1) is 0 Å². The van der Waals surface area contributed by atoms with Gasteiger partial charge < -0.3 is 9.73 Å². The highest BCUT2D eigenvalue weighted by Crippen LogP contribution is 2.29. The molecule has 0 radical (unpaired) electrons. The minimum absolute atomic E-state index is 0.116. The monoisotopic (exact) mass is 358 g/mol. The van der Waals surface area contributed by atoms with Gasteiger partial charge in [-0.25, -0.2) is 4.79 Å². The number of benzene rings is 2. The van der Waals surface area contributed by atoms with E-state index >= 15 is 0 Å². The summed E-state index contributed by atoms with van der Waals surface area (Å²) in [5.41, 5.74) is 3.72. The molecule has 0 aliphatic carbocycles. The van der Waals surface area contributed by atoms with E-state index in [9.17, 15) is 9.59 Å². The first-order valence-electron chi connectivity index (χ1n) is 8.23. The fraction of sp³-hybridized carbons (Fsp3) is 0.263. The zero-order chi connectivity index (χ0) is 18.0. The largest absolute Gasteiger partial charge is 0.420 e. The van der Waals surface area contributed by atoms with E-state index in [1.807, 2.05) is 26.0 Å². The van der Waals surface area contributed by atoms with Gasteiger partial charge in [0.25, 0.3) is 0 Å². The van der Waals surface area contributed by atoms with Crippen molar-refractivity contribution in [2.75, 3.05) is 5.32 Å². The second kappa shape index (κ2) is 7.15. The van der Waals surface area contributed by atoms with E-state index in [0.29, 0.717) is 22.5 Å². The van der Waals surface area contributed by atoms with E-state index < -0.39 is 5.76 Å². The number of nitrogens with zero attached hydrogens (tertiary/aromatic N) is 1. The molecule has 1 aromatic heterocycles. The molecule has 3 aromatic rings. The molecule has 1 amide bonds. The van der Waals surface area contributed by atoms with E-state index in [1.54, 1.807) is 24.3 Å². The van der Waals surface area contributed by atoms with Gasteiger partial charge in [-0.15, -0.1) is 0 Å². The Morgan fingerprint density at radius 2 is 1.92 bits per heavy atom. The Hall–Kier alpha value is -2.53. The first kappa shape index (κ1) is 17.3. The van der Waals surface area contributed by atoms with Crippen LogP contribution in [-0.2, 0) is 24.2 Å². The molecule has 0 saturated heterocycles. The number of para-hydroxylation sites is 2. The summed E-state index contributed by atoms with van der Waals surface area (Å²) >= 11 is 6.27. The van der Waals surface area contributed by atoms with Gasteiger partial charge in [0.05, 0.1) is 5.52 Å². The maximum absolute atomic E-state index is 12.6. The van der Waals surface area contributed by atoms with Crippen LogP contribution < -0.4 is 11.1 Å². The SMILES string of the molecule is CCc1ccc(Cl)c(CC)c1NC(=O)Cn1c(=O)oc2ccccc21. The summed E-state index contributed by atoms with van der Waals surface area (Å²) in [5, 5.41) is 3.55. The van der Waals surface area contributed by atoms with E-state index in [1.165, 1.54) is 4.57 Å². The number of aromatic nitrogens is 1. The van der Waals surface area contributed by atoms with Crippen LogP contribution in [0.4, 0.5) is 5.69 Å². The van der Waals surface area contributed by atoms with E-state index in [0.717, 1.165) is 23.2 Å². The molecule has 0 aliphatic heterocycles. The Kier molecular flexibility index (Phi) is 4.95. The summed E-state index contributed by atoms with van der Waals surface area (Å²) in [5.74, 6) is -0.839. The van der Waals surface area contributed by atoms with Crippen molar-refractivity contribution in [2.45, 2.75) is 33.2 Å². The molecule has 0 saturated carbocycles. The molecule has 0 atom stereocenters. The van der Waals surface area contributed by atoms with Crippen molar-refractivity contribution >= 4 is 34.3 Å². The first-order chi connectivity index (χ1) is 12.0. The van der Waals surface area contributed by atoms with Gasteiger partial charge in [-0.2, -0.15) is 0 Å². The number of amides is 1. The highest BCUT2D eigenvalue weighted by atomic mass is 35.5. The highest BCUT2D eigenvalue weighted by Gasteiger charge is 2.16. The average molecular weight is 359 g/mol. The fourth-order valence-electron chi connectivity index (χ4n) is 2.95. The summed E-state index contributed by atoms with van der Waals surface area (Å²) in [6.07, 6.45) is 1.48. The molecule has 0 unspecified atom stereocenters. The molecular formula is C19H19ClN2O3. The molecule has 0 aliphatic rings. The Morgan fingerprint density at radius 3 is 2.64 bits per heavy atom. The van der Waals surface area contributed by atoms with Crippen LogP contribution in [0.25, 0.3) is 11.1 Å². The van der Waals surface area contributed by atoms with E-state index in [2.05, 4.69) is 5.32 Å². The van der Waals surface area contributed by atoms with Crippen LogP contribution in [0.15, 0.2) is 45.6 Å². The summed E-state index contributed by atoms with van der Waals surface area (Å²) in [6.45, 7) is 3.89. The summed E-state index contributed by atoms with van der Waals surface area (Å²) in [7, 11) is 0. The molecular weight excluding hydrogens is 340 g/mol. The predicted molar refractivity (Wildman–Crippen MR) is 99.3 cm³/mol. The Labute approximate surface area is 150 Å². The summed E-state index contributed by atoms with van der Waals surface area (Å²) in [6, 6.07) is 10.8. The normalized spacial score (nSPS) is 11.0. The average Bonchev–Trinajstić information content (AvgIpc) is 2.91. The minimum atomic E-state index is -0.547. The molecule has 130 valence electrons. The number of hydrogen-bond acceptors (Lipinski definition) is 3. The number of nitrogens with one attached hydrogen (secondary N) is 1. The molecule has 3 rings (SSSR count). The van der Waals surface area contributed by atoms with Crippen LogP contribution in [0.3, 0.4) is 0 Å². The molecule has 0 spiro atoms. The molecule has 1 N–H and O–H groups in total. The third-order valence-electron chi connectivity index (χ3n) is 4.22. The number of aryl methyl sites for hydroxylation is 1. The van der Waals surface area contributed by atoms with Crippen molar-refractivity contribution in [3.63, 3.8) is 0 Å². The maximum Gasteiger partial charge on any atom is 0.420 e. The zero-order valence-corrected chi connectivity index (χ0v) is 14.9. The Morgan fingerprint density at radius 1 is 1.16 bits per heavy atom. The van der Waals surface area contributed by atoms with Crippen molar-refractivity contribution in [1.29, 1.82) is 0 Å². The molecule has 5 nitrogen and oxygen atoms in total. The standard InChI is InChI=1S/C19H19ClN2O3/c1-3-12-9-10-14(20)13(4-2)18(12)21-17(23)11-22-15-7-5-6-8-16(15)25-19(22)24/h5-10H,3-4,11H2,1-2H3,(H,21,23). The van der Waals surface area contributed by atoms with E-state index in [-0.39, 0.29) is 12.5 Å².